The van der Waals surface area contributed by atoms with Crippen LogP contribution in [0.15, 0.2) is 59.1 Å². The third-order valence-corrected chi connectivity index (χ3v) is 5.57. The van der Waals surface area contributed by atoms with Crippen LogP contribution in [0, 0.1) is 11.8 Å². The fourth-order valence-electron chi connectivity index (χ4n) is 4.12. The number of para-hydroxylation sites is 1. The first-order chi connectivity index (χ1) is 13.3. The highest BCUT2D eigenvalue weighted by Gasteiger charge is 2.45. The molecular weight excluding hydrogens is 342 g/mol. The van der Waals surface area contributed by atoms with Gasteiger partial charge in [0.15, 0.2) is 5.76 Å². The highest BCUT2D eigenvalue weighted by molar-refractivity contribution is 5.96. The highest BCUT2D eigenvalue weighted by atomic mass is 16.5. The number of amides is 1. The second-order valence-electron chi connectivity index (χ2n) is 7.25. The van der Waals surface area contributed by atoms with Crippen LogP contribution in [0.5, 0.6) is 0 Å². The molecule has 0 spiro atoms. The van der Waals surface area contributed by atoms with Gasteiger partial charge in [-0.1, -0.05) is 24.3 Å². The molecule has 5 rings (SSSR count). The Labute approximate surface area is 157 Å². The Kier molecular flexibility index (Phi) is 4.05. The van der Waals surface area contributed by atoms with E-state index in [0.29, 0.717) is 30.7 Å². The number of carbonyl (C=O) groups excluding carboxylic acids is 1. The number of likely N-dealkylation sites (tertiary alicyclic amines) is 1. The van der Waals surface area contributed by atoms with E-state index in [4.69, 9.17) is 9.15 Å². The van der Waals surface area contributed by atoms with E-state index in [-0.39, 0.29) is 12.0 Å². The van der Waals surface area contributed by atoms with Gasteiger partial charge in [-0.15, -0.1) is 0 Å². The van der Waals surface area contributed by atoms with Crippen LogP contribution in [0.2, 0.25) is 0 Å². The second kappa shape index (κ2) is 6.70. The topological polar surface area (TPSA) is 67.6 Å². The number of benzene rings is 1. The molecule has 3 aromatic rings. The molecule has 4 heterocycles. The number of nitrogens with one attached hydrogen (secondary N) is 1. The van der Waals surface area contributed by atoms with Crippen LogP contribution in [-0.4, -0.2) is 48.1 Å². The molecule has 1 aromatic carbocycles. The zero-order valence-corrected chi connectivity index (χ0v) is 14.9. The molecule has 1 N–H and O–H groups in total. The van der Waals surface area contributed by atoms with Gasteiger partial charge in [0.1, 0.15) is 11.4 Å². The first-order valence-electron chi connectivity index (χ1n) is 9.32. The van der Waals surface area contributed by atoms with Crippen molar-refractivity contribution in [1.29, 1.82) is 0 Å². The molecule has 6 nitrogen and oxygen atoms in total. The summed E-state index contributed by atoms with van der Waals surface area (Å²) in [6.45, 7) is 2.85. The van der Waals surface area contributed by atoms with Gasteiger partial charge < -0.3 is 19.4 Å². The predicted octanol–water partition coefficient (Wildman–Crippen LogP) is 3.03. The molecule has 27 heavy (non-hydrogen) atoms. The van der Waals surface area contributed by atoms with Crippen molar-refractivity contribution in [1.82, 2.24) is 9.88 Å². The Balaban J connectivity index is 1.25. The minimum Gasteiger partial charge on any atom is -0.451 e. The fourth-order valence-corrected chi connectivity index (χ4v) is 4.12. The van der Waals surface area contributed by atoms with Gasteiger partial charge >= 0.3 is 0 Å². The number of hydrogen-bond acceptors (Lipinski definition) is 5. The van der Waals surface area contributed by atoms with Crippen LogP contribution in [0.1, 0.15) is 10.6 Å². The van der Waals surface area contributed by atoms with Crippen molar-refractivity contribution >= 4 is 22.7 Å². The molecule has 0 unspecified atom stereocenters. The van der Waals surface area contributed by atoms with Crippen LogP contribution < -0.4 is 5.32 Å². The molecule has 3 atom stereocenters. The summed E-state index contributed by atoms with van der Waals surface area (Å²) in [5.41, 5.74) is 0.744. The number of fused-ring (bicyclic) bond motifs is 2. The number of hydrogen-bond donors (Lipinski definition) is 1. The lowest BCUT2D eigenvalue weighted by Gasteiger charge is -2.19. The van der Waals surface area contributed by atoms with E-state index >= 15 is 0 Å². The molecule has 138 valence electrons. The standard InChI is InChI=1S/C21H21N3O3/c25-21(18-9-14-5-1-2-6-17(14)27-18)24-11-16-15(13-26-19(16)12-24)10-23-20-7-3-4-8-22-20/h1-9,15-16,19H,10-13H2,(H,22,23)/t15-,16+,19+/m0/s1. The van der Waals surface area contributed by atoms with Gasteiger partial charge in [-0.05, 0) is 24.3 Å². The zero-order chi connectivity index (χ0) is 18.2. The van der Waals surface area contributed by atoms with Crippen molar-refractivity contribution in [2.45, 2.75) is 6.10 Å². The molecule has 0 saturated carbocycles. The lowest BCUT2D eigenvalue weighted by Crippen LogP contribution is -2.32. The van der Waals surface area contributed by atoms with Crippen LogP contribution in [0.4, 0.5) is 5.82 Å². The quantitative estimate of drug-likeness (QED) is 0.772. The van der Waals surface area contributed by atoms with E-state index in [1.54, 1.807) is 6.20 Å². The SMILES string of the molecule is O=C(c1cc2ccccc2o1)N1C[C@@H]2[C@@H](CNc3ccccn3)CO[C@@H]2C1. The number of aromatic nitrogens is 1. The lowest BCUT2D eigenvalue weighted by atomic mass is 9.93. The van der Waals surface area contributed by atoms with E-state index in [1.165, 1.54) is 0 Å². The van der Waals surface area contributed by atoms with Crippen molar-refractivity contribution in [3.63, 3.8) is 0 Å². The number of rotatable bonds is 4. The fraction of sp³-hybridized carbons (Fsp3) is 0.333. The summed E-state index contributed by atoms with van der Waals surface area (Å²) in [4.78, 5) is 19.0. The third kappa shape index (κ3) is 3.06. The molecule has 2 aromatic heterocycles. The summed E-state index contributed by atoms with van der Waals surface area (Å²) in [7, 11) is 0. The monoisotopic (exact) mass is 363 g/mol. The number of ether oxygens (including phenoxy) is 1. The smallest absolute Gasteiger partial charge is 0.289 e. The lowest BCUT2D eigenvalue weighted by molar-refractivity contribution is 0.0656. The van der Waals surface area contributed by atoms with Gasteiger partial charge in [-0.2, -0.15) is 0 Å². The number of anilines is 1. The van der Waals surface area contributed by atoms with E-state index in [0.717, 1.165) is 29.9 Å². The van der Waals surface area contributed by atoms with E-state index in [1.807, 2.05) is 53.4 Å². The number of carbonyl (C=O) groups is 1. The van der Waals surface area contributed by atoms with Gasteiger partial charge in [0.2, 0.25) is 0 Å². The van der Waals surface area contributed by atoms with Crippen molar-refractivity contribution in [3.05, 3.63) is 60.5 Å². The van der Waals surface area contributed by atoms with Crippen LogP contribution in [-0.2, 0) is 4.74 Å². The minimum atomic E-state index is -0.0550. The maximum Gasteiger partial charge on any atom is 0.289 e. The molecule has 2 fully saturated rings. The number of pyridine rings is 1. The Morgan fingerprint density at radius 3 is 2.93 bits per heavy atom. The maximum absolute atomic E-state index is 12.9. The van der Waals surface area contributed by atoms with Crippen molar-refractivity contribution in [2.75, 3.05) is 31.6 Å². The van der Waals surface area contributed by atoms with Crippen LogP contribution in [0.3, 0.4) is 0 Å². The number of furan rings is 1. The Hall–Kier alpha value is -2.86. The summed E-state index contributed by atoms with van der Waals surface area (Å²) < 4.78 is 11.7. The summed E-state index contributed by atoms with van der Waals surface area (Å²) in [6, 6.07) is 15.3. The number of nitrogens with zero attached hydrogens (tertiary/aromatic N) is 2. The molecule has 1 amide bonds. The molecule has 2 saturated heterocycles. The van der Waals surface area contributed by atoms with E-state index in [2.05, 4.69) is 10.3 Å². The van der Waals surface area contributed by atoms with Crippen molar-refractivity contribution in [3.8, 4) is 0 Å². The first-order valence-corrected chi connectivity index (χ1v) is 9.32. The van der Waals surface area contributed by atoms with Gasteiger partial charge in [-0.25, -0.2) is 4.98 Å². The Morgan fingerprint density at radius 2 is 2.07 bits per heavy atom. The third-order valence-electron chi connectivity index (χ3n) is 5.57. The predicted molar refractivity (Wildman–Crippen MR) is 102 cm³/mol. The molecule has 0 bridgehead atoms. The molecular formula is C21H21N3O3. The summed E-state index contributed by atoms with van der Waals surface area (Å²) in [6.07, 6.45) is 1.88. The molecule has 0 aliphatic carbocycles. The van der Waals surface area contributed by atoms with Gasteiger partial charge in [0, 0.05) is 43.1 Å². The van der Waals surface area contributed by atoms with Crippen LogP contribution >= 0.6 is 0 Å². The van der Waals surface area contributed by atoms with Gasteiger partial charge in [0.25, 0.3) is 5.91 Å². The van der Waals surface area contributed by atoms with Gasteiger partial charge in [-0.3, -0.25) is 4.79 Å². The zero-order valence-electron chi connectivity index (χ0n) is 14.9. The van der Waals surface area contributed by atoms with Crippen LogP contribution in [0.25, 0.3) is 11.0 Å². The Morgan fingerprint density at radius 1 is 1.19 bits per heavy atom. The average molecular weight is 363 g/mol. The first kappa shape index (κ1) is 16.3. The van der Waals surface area contributed by atoms with E-state index < -0.39 is 0 Å². The normalized spacial score (nSPS) is 24.3. The second-order valence-corrected chi connectivity index (χ2v) is 7.25. The average Bonchev–Trinajstić information content (AvgIpc) is 3.40. The summed E-state index contributed by atoms with van der Waals surface area (Å²) in [5.74, 6) is 1.93. The molecule has 0 radical (unpaired) electrons. The minimum absolute atomic E-state index is 0.0550. The highest BCUT2D eigenvalue weighted by Crippen LogP contribution is 2.35. The Bertz CT molecular complexity index is 922. The van der Waals surface area contributed by atoms with Crippen molar-refractivity contribution in [2.24, 2.45) is 11.8 Å². The van der Waals surface area contributed by atoms with Crippen molar-refractivity contribution < 1.29 is 13.9 Å². The maximum atomic E-state index is 12.9. The summed E-state index contributed by atoms with van der Waals surface area (Å²) >= 11 is 0. The van der Waals surface area contributed by atoms with E-state index in [9.17, 15) is 4.79 Å². The largest absolute Gasteiger partial charge is 0.451 e. The summed E-state index contributed by atoms with van der Waals surface area (Å²) in [5, 5.41) is 4.33. The molecule has 2 aliphatic rings. The molecule has 6 heteroatoms. The molecule has 2 aliphatic heterocycles. The van der Waals surface area contributed by atoms with Gasteiger partial charge in [0.05, 0.1) is 12.7 Å².